The highest BCUT2D eigenvalue weighted by Gasteiger charge is 2.22. The van der Waals surface area contributed by atoms with Crippen molar-refractivity contribution in [2.75, 3.05) is 26.2 Å². The summed E-state index contributed by atoms with van der Waals surface area (Å²) in [6, 6.07) is 0. The van der Waals surface area contributed by atoms with Gasteiger partial charge in [-0.25, -0.2) is 0 Å². The summed E-state index contributed by atoms with van der Waals surface area (Å²) in [5.74, 6) is 2.03. The lowest BCUT2D eigenvalue weighted by Gasteiger charge is -2.34. The minimum Gasteiger partial charge on any atom is -0.361 e. The Hall–Kier alpha value is -1.36. The van der Waals surface area contributed by atoms with Gasteiger partial charge >= 0.3 is 0 Å². The van der Waals surface area contributed by atoms with Crippen molar-refractivity contribution >= 4 is 5.91 Å². The van der Waals surface area contributed by atoms with Crippen LogP contribution in [-0.4, -0.2) is 42.1 Å². The minimum absolute atomic E-state index is 0.0660. The molecule has 0 radical (unpaired) electrons. The van der Waals surface area contributed by atoms with Gasteiger partial charge in [-0.1, -0.05) is 25.9 Å². The third kappa shape index (κ3) is 4.06. The van der Waals surface area contributed by atoms with E-state index in [9.17, 15) is 4.79 Å². The van der Waals surface area contributed by atoms with E-state index in [0.717, 1.165) is 37.2 Å². The molecule has 118 valence electrons. The second-order valence-electron chi connectivity index (χ2n) is 6.38. The first-order chi connectivity index (χ1) is 10.0. The summed E-state index contributed by atoms with van der Waals surface area (Å²) in [6.07, 6.45) is 2.02. The molecule has 2 rings (SSSR count). The van der Waals surface area contributed by atoms with E-state index in [0.29, 0.717) is 24.3 Å². The zero-order chi connectivity index (χ0) is 15.4. The van der Waals surface area contributed by atoms with Crippen molar-refractivity contribution < 1.29 is 9.32 Å². The van der Waals surface area contributed by atoms with E-state index in [2.05, 4.69) is 29.2 Å². The Bertz CT molecular complexity index is 474. The van der Waals surface area contributed by atoms with Crippen LogP contribution < -0.4 is 5.32 Å². The molecule has 5 nitrogen and oxygen atoms in total. The number of hydrogen-bond donors (Lipinski definition) is 1. The quantitative estimate of drug-likeness (QED) is 0.904. The van der Waals surface area contributed by atoms with E-state index in [1.807, 2.05) is 6.92 Å². The highest BCUT2D eigenvalue weighted by molar-refractivity contribution is 5.96. The molecule has 0 aliphatic carbocycles. The van der Waals surface area contributed by atoms with Gasteiger partial charge in [-0.3, -0.25) is 4.79 Å². The van der Waals surface area contributed by atoms with Crippen LogP contribution in [-0.2, 0) is 6.42 Å². The summed E-state index contributed by atoms with van der Waals surface area (Å²) >= 11 is 0. The zero-order valence-electron chi connectivity index (χ0n) is 13.6. The Kier molecular flexibility index (Phi) is 5.39. The Morgan fingerprint density at radius 2 is 2.05 bits per heavy atom. The fourth-order valence-corrected chi connectivity index (χ4v) is 3.34. The molecule has 5 heteroatoms. The predicted octanol–water partition coefficient (Wildman–Crippen LogP) is 2.25. The fourth-order valence-electron chi connectivity index (χ4n) is 3.34. The third-order valence-corrected chi connectivity index (χ3v) is 4.15. The second-order valence-corrected chi connectivity index (χ2v) is 6.38. The highest BCUT2D eigenvalue weighted by Crippen LogP contribution is 2.20. The molecule has 1 aromatic heterocycles. The van der Waals surface area contributed by atoms with Crippen molar-refractivity contribution in [3.8, 4) is 0 Å². The predicted molar refractivity (Wildman–Crippen MR) is 82.3 cm³/mol. The van der Waals surface area contributed by atoms with Crippen LogP contribution in [0.25, 0.3) is 0 Å². The summed E-state index contributed by atoms with van der Waals surface area (Å²) in [7, 11) is 0. The molecule has 0 spiro atoms. The van der Waals surface area contributed by atoms with Crippen LogP contribution in [0.4, 0.5) is 0 Å². The number of piperidine rings is 1. The van der Waals surface area contributed by atoms with E-state index >= 15 is 0 Å². The van der Waals surface area contributed by atoms with Gasteiger partial charge in [0, 0.05) is 26.2 Å². The number of aryl methyl sites for hydroxylation is 2. The van der Waals surface area contributed by atoms with Gasteiger partial charge in [0.1, 0.15) is 11.3 Å². The minimum atomic E-state index is -0.0660. The fraction of sp³-hybridized carbons (Fsp3) is 0.750. The first-order valence-electron chi connectivity index (χ1n) is 7.97. The molecule has 2 heterocycles. The van der Waals surface area contributed by atoms with Crippen LogP contribution in [0.3, 0.4) is 0 Å². The number of hydrogen-bond acceptors (Lipinski definition) is 4. The topological polar surface area (TPSA) is 58.4 Å². The molecule has 1 aliphatic rings. The lowest BCUT2D eigenvalue weighted by atomic mass is 9.92. The van der Waals surface area contributed by atoms with Gasteiger partial charge < -0.3 is 14.7 Å². The summed E-state index contributed by atoms with van der Waals surface area (Å²) in [5.41, 5.74) is 1.35. The number of nitrogens with one attached hydrogen (secondary N) is 1. The van der Waals surface area contributed by atoms with Crippen LogP contribution in [0.5, 0.6) is 0 Å². The Morgan fingerprint density at radius 1 is 1.38 bits per heavy atom. The molecule has 0 aromatic carbocycles. The number of likely N-dealkylation sites (tertiary alicyclic amines) is 1. The van der Waals surface area contributed by atoms with E-state index < -0.39 is 0 Å². The molecule has 0 unspecified atom stereocenters. The Morgan fingerprint density at radius 3 is 2.67 bits per heavy atom. The van der Waals surface area contributed by atoms with Crippen molar-refractivity contribution in [3.05, 3.63) is 17.0 Å². The van der Waals surface area contributed by atoms with E-state index in [1.54, 1.807) is 6.92 Å². The second kappa shape index (κ2) is 7.07. The number of carbonyl (C=O) groups excluding carboxylic acids is 1. The summed E-state index contributed by atoms with van der Waals surface area (Å²) < 4.78 is 5.11. The molecule has 1 N–H and O–H groups in total. The van der Waals surface area contributed by atoms with Gasteiger partial charge in [0.2, 0.25) is 0 Å². The van der Waals surface area contributed by atoms with Crippen molar-refractivity contribution in [2.45, 2.75) is 40.5 Å². The average Bonchev–Trinajstić information content (AvgIpc) is 2.78. The summed E-state index contributed by atoms with van der Waals surface area (Å²) in [6.45, 7) is 12.2. The standard InChI is InChI=1S/C16H27N3O2/c1-5-14-15(13(4)21-18-14)16(20)17-6-7-19-9-11(2)8-12(3)10-19/h11-12H,5-10H2,1-4H3,(H,17,20)/t11-,12-/m1/s1. The number of amides is 1. The molecule has 2 atom stereocenters. The number of aromatic nitrogens is 1. The van der Waals surface area contributed by atoms with Gasteiger partial charge in [-0.05, 0) is 31.6 Å². The highest BCUT2D eigenvalue weighted by atomic mass is 16.5. The monoisotopic (exact) mass is 293 g/mol. The SMILES string of the molecule is CCc1noc(C)c1C(=O)NCCN1C[C@H](C)C[C@@H](C)C1. The normalized spacial score (nSPS) is 23.2. The van der Waals surface area contributed by atoms with Gasteiger partial charge in [0.05, 0.1) is 5.69 Å². The Balaban J connectivity index is 1.83. The number of nitrogens with zero attached hydrogens (tertiary/aromatic N) is 2. The molecule has 1 fully saturated rings. The van der Waals surface area contributed by atoms with Crippen LogP contribution in [0.15, 0.2) is 4.52 Å². The molecule has 0 saturated carbocycles. The van der Waals surface area contributed by atoms with Crippen molar-refractivity contribution in [3.63, 3.8) is 0 Å². The Labute approximate surface area is 127 Å². The first kappa shape index (κ1) is 16.0. The average molecular weight is 293 g/mol. The molecule has 1 amide bonds. The molecular formula is C16H27N3O2. The lowest BCUT2D eigenvalue weighted by Crippen LogP contribution is -2.43. The molecule has 1 saturated heterocycles. The van der Waals surface area contributed by atoms with Crippen molar-refractivity contribution in [1.82, 2.24) is 15.4 Å². The van der Waals surface area contributed by atoms with Crippen LogP contribution in [0.2, 0.25) is 0 Å². The van der Waals surface area contributed by atoms with E-state index in [1.165, 1.54) is 6.42 Å². The van der Waals surface area contributed by atoms with Crippen LogP contribution >= 0.6 is 0 Å². The smallest absolute Gasteiger partial charge is 0.256 e. The van der Waals surface area contributed by atoms with E-state index in [-0.39, 0.29) is 5.91 Å². The maximum atomic E-state index is 12.2. The molecule has 0 bridgehead atoms. The van der Waals surface area contributed by atoms with Gasteiger partial charge in [0.15, 0.2) is 0 Å². The molecule has 21 heavy (non-hydrogen) atoms. The summed E-state index contributed by atoms with van der Waals surface area (Å²) in [5, 5.41) is 6.92. The van der Waals surface area contributed by atoms with Gasteiger partial charge in [-0.2, -0.15) is 0 Å². The van der Waals surface area contributed by atoms with Crippen LogP contribution in [0.1, 0.15) is 49.0 Å². The van der Waals surface area contributed by atoms with Crippen LogP contribution in [0, 0.1) is 18.8 Å². The summed E-state index contributed by atoms with van der Waals surface area (Å²) in [4.78, 5) is 14.7. The van der Waals surface area contributed by atoms with Crippen molar-refractivity contribution in [2.24, 2.45) is 11.8 Å². The molecule has 1 aliphatic heterocycles. The van der Waals surface area contributed by atoms with E-state index in [4.69, 9.17) is 4.52 Å². The maximum Gasteiger partial charge on any atom is 0.256 e. The zero-order valence-corrected chi connectivity index (χ0v) is 13.6. The number of carbonyl (C=O) groups is 1. The third-order valence-electron chi connectivity index (χ3n) is 4.15. The largest absolute Gasteiger partial charge is 0.361 e. The van der Waals surface area contributed by atoms with Crippen molar-refractivity contribution in [1.29, 1.82) is 0 Å². The van der Waals surface area contributed by atoms with Gasteiger partial charge in [0.25, 0.3) is 5.91 Å². The lowest BCUT2D eigenvalue weighted by molar-refractivity contribution is 0.0934. The van der Waals surface area contributed by atoms with Gasteiger partial charge in [-0.15, -0.1) is 0 Å². The molecular weight excluding hydrogens is 266 g/mol. The first-order valence-corrected chi connectivity index (χ1v) is 7.97. The maximum absolute atomic E-state index is 12.2. The number of rotatable bonds is 5. The molecule has 1 aromatic rings.